The molecule has 1 heterocycles. The molecular formula is C20H22FN5O2. The van der Waals surface area contributed by atoms with E-state index in [9.17, 15) is 14.4 Å². The number of nitrogens with one attached hydrogen (secondary N) is 3. The van der Waals surface area contributed by atoms with Gasteiger partial charge in [-0.2, -0.15) is 5.26 Å². The van der Waals surface area contributed by atoms with Crippen molar-refractivity contribution < 1.29 is 14.3 Å². The van der Waals surface area contributed by atoms with Gasteiger partial charge in [0.25, 0.3) is 0 Å². The average Bonchev–Trinajstić information content (AvgIpc) is 3.46. The number of nitrogens with zero attached hydrogens (tertiary/aromatic N) is 2. The van der Waals surface area contributed by atoms with Crippen molar-refractivity contribution in [3.8, 4) is 6.07 Å². The summed E-state index contributed by atoms with van der Waals surface area (Å²) in [7, 11) is 0. The number of rotatable bonds is 7. The molecule has 1 fully saturated rings. The van der Waals surface area contributed by atoms with Crippen molar-refractivity contribution in [1.29, 1.82) is 5.26 Å². The van der Waals surface area contributed by atoms with Crippen molar-refractivity contribution in [2.24, 2.45) is 5.92 Å². The van der Waals surface area contributed by atoms with E-state index in [1.807, 2.05) is 37.3 Å². The predicted molar refractivity (Wildman–Crippen MR) is 104 cm³/mol. The summed E-state index contributed by atoms with van der Waals surface area (Å²) in [6, 6.07) is 9.91. The number of carbonyl (C=O) groups is 1. The number of nitriles is 1. The van der Waals surface area contributed by atoms with Crippen LogP contribution in [0, 0.1) is 30.0 Å². The van der Waals surface area contributed by atoms with E-state index in [1.165, 1.54) is 0 Å². The number of hydrogen-bond acceptors (Lipinski definition) is 5. The van der Waals surface area contributed by atoms with E-state index in [0.29, 0.717) is 0 Å². The van der Waals surface area contributed by atoms with Gasteiger partial charge < -0.3 is 21.1 Å². The third-order valence-corrected chi connectivity index (χ3v) is 4.70. The summed E-state index contributed by atoms with van der Waals surface area (Å²) in [5, 5.41) is 26.8. The zero-order chi connectivity index (χ0) is 20.3. The SMILES string of the molecule is Cc1cccc(Nc2nc(N[C@H](C3CC3)[C@H](C)NC(=O)O)c(F)cc2C#N)c1. The summed E-state index contributed by atoms with van der Waals surface area (Å²) in [6.45, 7) is 3.68. The van der Waals surface area contributed by atoms with Crippen LogP contribution in [0.5, 0.6) is 0 Å². The van der Waals surface area contributed by atoms with Crippen LogP contribution in [0.2, 0.25) is 0 Å². The molecule has 7 nitrogen and oxygen atoms in total. The molecule has 1 aromatic carbocycles. The zero-order valence-electron chi connectivity index (χ0n) is 15.7. The second kappa shape index (κ2) is 8.13. The highest BCUT2D eigenvalue weighted by Crippen LogP contribution is 2.36. The van der Waals surface area contributed by atoms with Crippen LogP contribution in [0.1, 0.15) is 30.9 Å². The molecule has 0 spiro atoms. The van der Waals surface area contributed by atoms with Crippen LogP contribution < -0.4 is 16.0 Å². The van der Waals surface area contributed by atoms with Crippen molar-refractivity contribution in [2.45, 2.75) is 38.8 Å². The molecule has 8 heteroatoms. The fourth-order valence-electron chi connectivity index (χ4n) is 3.18. The summed E-state index contributed by atoms with van der Waals surface area (Å²) in [6.07, 6.45) is 0.751. The summed E-state index contributed by atoms with van der Waals surface area (Å²) < 4.78 is 14.5. The number of anilines is 3. The standard InChI is InChI=1S/C20H22FN5O2/c1-11-4-3-5-15(8-11)24-18-14(10-22)9-16(21)19(26-18)25-17(13-6-7-13)12(2)23-20(27)28/h3-5,8-9,12-13,17,23H,6-7H2,1-2H3,(H,27,28)(H2,24,25,26)/t12-,17-/m0/s1. The van der Waals surface area contributed by atoms with Gasteiger partial charge in [-0.25, -0.2) is 14.2 Å². The number of aryl methyl sites for hydroxylation is 1. The van der Waals surface area contributed by atoms with Crippen molar-refractivity contribution in [1.82, 2.24) is 10.3 Å². The smallest absolute Gasteiger partial charge is 0.404 e. The molecule has 1 aliphatic rings. The minimum absolute atomic E-state index is 0.00917. The molecule has 0 radical (unpaired) electrons. The van der Waals surface area contributed by atoms with E-state index >= 15 is 0 Å². The van der Waals surface area contributed by atoms with E-state index in [0.717, 1.165) is 30.2 Å². The molecule has 146 valence electrons. The number of hydrogen-bond donors (Lipinski definition) is 4. The zero-order valence-corrected chi connectivity index (χ0v) is 15.7. The fourth-order valence-corrected chi connectivity index (χ4v) is 3.18. The Kier molecular flexibility index (Phi) is 5.64. The third-order valence-electron chi connectivity index (χ3n) is 4.70. The molecule has 4 N–H and O–H groups in total. The Morgan fingerprint density at radius 3 is 2.71 bits per heavy atom. The second-order valence-electron chi connectivity index (χ2n) is 7.07. The highest BCUT2D eigenvalue weighted by molar-refractivity contribution is 5.66. The Hall–Kier alpha value is -3.34. The highest BCUT2D eigenvalue weighted by Gasteiger charge is 2.36. The van der Waals surface area contributed by atoms with Gasteiger partial charge in [0, 0.05) is 11.7 Å². The van der Waals surface area contributed by atoms with Gasteiger partial charge in [0.05, 0.1) is 11.6 Å². The number of benzene rings is 1. The van der Waals surface area contributed by atoms with E-state index in [2.05, 4.69) is 20.9 Å². The summed E-state index contributed by atoms with van der Waals surface area (Å²) in [4.78, 5) is 15.3. The molecule has 1 aliphatic carbocycles. The van der Waals surface area contributed by atoms with Crippen LogP contribution in [0.15, 0.2) is 30.3 Å². The minimum Gasteiger partial charge on any atom is -0.465 e. The topological polar surface area (TPSA) is 110 Å². The van der Waals surface area contributed by atoms with E-state index < -0.39 is 18.0 Å². The summed E-state index contributed by atoms with van der Waals surface area (Å²) in [5.74, 6) is -0.179. The highest BCUT2D eigenvalue weighted by atomic mass is 19.1. The minimum atomic E-state index is -1.13. The van der Waals surface area contributed by atoms with Crippen LogP contribution in [-0.2, 0) is 0 Å². The maximum Gasteiger partial charge on any atom is 0.404 e. The Morgan fingerprint density at radius 1 is 1.36 bits per heavy atom. The fraction of sp³-hybridized carbons (Fsp3) is 0.350. The lowest BCUT2D eigenvalue weighted by Gasteiger charge is -2.26. The van der Waals surface area contributed by atoms with Crippen molar-refractivity contribution in [2.75, 3.05) is 10.6 Å². The molecule has 2 atom stereocenters. The number of halogens is 1. The molecule has 0 bridgehead atoms. The molecule has 2 aromatic rings. The molecule has 0 unspecified atom stereocenters. The quantitative estimate of drug-likeness (QED) is 0.575. The lowest BCUT2D eigenvalue weighted by Crippen LogP contribution is -2.45. The largest absolute Gasteiger partial charge is 0.465 e. The van der Waals surface area contributed by atoms with Gasteiger partial charge in [-0.05, 0) is 56.4 Å². The molecule has 1 aromatic heterocycles. The maximum absolute atomic E-state index is 14.5. The number of pyridine rings is 1. The van der Waals surface area contributed by atoms with Crippen LogP contribution in [0.3, 0.4) is 0 Å². The summed E-state index contributed by atoms with van der Waals surface area (Å²) >= 11 is 0. The first-order valence-corrected chi connectivity index (χ1v) is 9.07. The predicted octanol–water partition coefficient (Wildman–Crippen LogP) is 3.99. The first-order valence-electron chi connectivity index (χ1n) is 9.07. The Labute approximate surface area is 162 Å². The van der Waals surface area contributed by atoms with Crippen LogP contribution in [0.25, 0.3) is 0 Å². The van der Waals surface area contributed by atoms with Gasteiger partial charge in [-0.3, -0.25) is 0 Å². The molecular weight excluding hydrogens is 361 g/mol. The average molecular weight is 383 g/mol. The molecule has 1 amide bonds. The van der Waals surface area contributed by atoms with Crippen LogP contribution >= 0.6 is 0 Å². The Balaban J connectivity index is 1.88. The van der Waals surface area contributed by atoms with E-state index in [-0.39, 0.29) is 29.2 Å². The molecule has 3 rings (SSSR count). The van der Waals surface area contributed by atoms with E-state index in [1.54, 1.807) is 6.92 Å². The molecule has 0 aliphatic heterocycles. The Morgan fingerprint density at radius 2 is 2.11 bits per heavy atom. The van der Waals surface area contributed by atoms with Crippen LogP contribution in [-0.4, -0.2) is 28.3 Å². The van der Waals surface area contributed by atoms with E-state index in [4.69, 9.17) is 5.11 Å². The van der Waals surface area contributed by atoms with Gasteiger partial charge in [0.15, 0.2) is 17.5 Å². The molecule has 1 saturated carbocycles. The first-order chi connectivity index (χ1) is 13.4. The monoisotopic (exact) mass is 383 g/mol. The first kappa shape index (κ1) is 19.4. The van der Waals surface area contributed by atoms with Gasteiger partial charge in [0.2, 0.25) is 0 Å². The van der Waals surface area contributed by atoms with Crippen molar-refractivity contribution in [3.05, 3.63) is 47.3 Å². The Bertz CT molecular complexity index is 923. The second-order valence-corrected chi connectivity index (χ2v) is 7.07. The summed E-state index contributed by atoms with van der Waals surface area (Å²) in [5.41, 5.74) is 1.86. The normalized spacial score (nSPS) is 15.2. The third kappa shape index (κ3) is 4.68. The van der Waals surface area contributed by atoms with Crippen molar-refractivity contribution in [3.63, 3.8) is 0 Å². The maximum atomic E-state index is 14.5. The van der Waals surface area contributed by atoms with Gasteiger partial charge in [0.1, 0.15) is 6.07 Å². The number of amides is 1. The van der Waals surface area contributed by atoms with Crippen molar-refractivity contribution >= 4 is 23.4 Å². The van der Waals surface area contributed by atoms with Crippen LogP contribution in [0.4, 0.5) is 26.5 Å². The number of carboxylic acid groups (broad SMARTS) is 1. The van der Waals surface area contributed by atoms with Gasteiger partial charge >= 0.3 is 6.09 Å². The van der Waals surface area contributed by atoms with Gasteiger partial charge in [-0.15, -0.1) is 0 Å². The number of aromatic nitrogens is 1. The molecule has 0 saturated heterocycles. The van der Waals surface area contributed by atoms with Gasteiger partial charge in [-0.1, -0.05) is 12.1 Å². The lowest BCUT2D eigenvalue weighted by atomic mass is 10.0. The molecule has 28 heavy (non-hydrogen) atoms. The lowest BCUT2D eigenvalue weighted by molar-refractivity contribution is 0.188.